The SMILES string of the molecule is Cc1noc(CCNCc2ccc(O)c(Br)c2)n1. The summed E-state index contributed by atoms with van der Waals surface area (Å²) in [5.41, 5.74) is 1.10. The molecule has 6 heteroatoms. The molecule has 2 aromatic rings. The number of aryl methyl sites for hydroxylation is 1. The fourth-order valence-electron chi connectivity index (χ4n) is 1.53. The molecule has 0 aliphatic carbocycles. The highest BCUT2D eigenvalue weighted by atomic mass is 79.9. The van der Waals surface area contributed by atoms with Crippen LogP contribution in [-0.2, 0) is 13.0 Å². The fourth-order valence-corrected chi connectivity index (χ4v) is 1.96. The first-order chi connectivity index (χ1) is 8.65. The molecule has 0 amide bonds. The predicted octanol–water partition coefficient (Wildman–Crippen LogP) is 2.18. The average Bonchev–Trinajstić information content (AvgIpc) is 2.75. The molecule has 18 heavy (non-hydrogen) atoms. The number of phenols is 1. The standard InChI is InChI=1S/C12H14BrN3O2/c1-8-15-12(18-16-8)4-5-14-7-9-2-3-11(17)10(13)6-9/h2-3,6,14,17H,4-5,7H2,1H3. The van der Waals surface area contributed by atoms with Crippen LogP contribution in [0.4, 0.5) is 0 Å². The van der Waals surface area contributed by atoms with Gasteiger partial charge in [0.05, 0.1) is 4.47 Å². The lowest BCUT2D eigenvalue weighted by molar-refractivity contribution is 0.372. The van der Waals surface area contributed by atoms with Gasteiger partial charge in [-0.1, -0.05) is 11.2 Å². The molecule has 0 unspecified atom stereocenters. The summed E-state index contributed by atoms with van der Waals surface area (Å²) < 4.78 is 5.71. The second-order valence-corrected chi connectivity index (χ2v) is 4.80. The normalized spacial score (nSPS) is 10.8. The van der Waals surface area contributed by atoms with Crippen LogP contribution in [-0.4, -0.2) is 21.8 Å². The average molecular weight is 312 g/mol. The van der Waals surface area contributed by atoms with Crippen LogP contribution in [0, 0.1) is 6.92 Å². The summed E-state index contributed by atoms with van der Waals surface area (Å²) in [6.45, 7) is 3.29. The summed E-state index contributed by atoms with van der Waals surface area (Å²) in [6.07, 6.45) is 0.708. The van der Waals surface area contributed by atoms with Crippen molar-refractivity contribution in [1.29, 1.82) is 0 Å². The van der Waals surface area contributed by atoms with Gasteiger partial charge in [-0.15, -0.1) is 0 Å². The Morgan fingerprint density at radius 2 is 2.28 bits per heavy atom. The maximum atomic E-state index is 9.37. The van der Waals surface area contributed by atoms with Crippen LogP contribution in [0.5, 0.6) is 5.75 Å². The highest BCUT2D eigenvalue weighted by molar-refractivity contribution is 9.10. The van der Waals surface area contributed by atoms with Crippen LogP contribution in [0.1, 0.15) is 17.3 Å². The van der Waals surface area contributed by atoms with Crippen molar-refractivity contribution in [3.8, 4) is 5.75 Å². The van der Waals surface area contributed by atoms with Crippen LogP contribution in [0.15, 0.2) is 27.2 Å². The van der Waals surface area contributed by atoms with Gasteiger partial charge >= 0.3 is 0 Å². The molecule has 5 nitrogen and oxygen atoms in total. The van der Waals surface area contributed by atoms with Crippen molar-refractivity contribution < 1.29 is 9.63 Å². The summed E-state index contributed by atoms with van der Waals surface area (Å²) in [5.74, 6) is 1.56. The van der Waals surface area contributed by atoms with E-state index in [1.807, 2.05) is 12.1 Å². The molecule has 0 atom stereocenters. The second kappa shape index (κ2) is 5.97. The lowest BCUT2D eigenvalue weighted by Crippen LogP contribution is -2.16. The Morgan fingerprint density at radius 1 is 1.44 bits per heavy atom. The molecule has 0 bridgehead atoms. The summed E-state index contributed by atoms with van der Waals surface area (Å²) >= 11 is 3.28. The number of aromatic nitrogens is 2. The van der Waals surface area contributed by atoms with E-state index in [4.69, 9.17) is 4.52 Å². The second-order valence-electron chi connectivity index (χ2n) is 3.95. The van der Waals surface area contributed by atoms with E-state index in [9.17, 15) is 5.11 Å². The van der Waals surface area contributed by atoms with Gasteiger partial charge in [-0.25, -0.2) is 0 Å². The van der Waals surface area contributed by atoms with Gasteiger partial charge in [0.2, 0.25) is 5.89 Å². The van der Waals surface area contributed by atoms with E-state index < -0.39 is 0 Å². The quantitative estimate of drug-likeness (QED) is 0.828. The molecule has 0 aliphatic rings. The molecule has 2 N–H and O–H groups in total. The summed E-state index contributed by atoms with van der Waals surface area (Å²) in [4.78, 5) is 4.12. The van der Waals surface area contributed by atoms with Crippen molar-refractivity contribution in [2.45, 2.75) is 19.9 Å². The fraction of sp³-hybridized carbons (Fsp3) is 0.333. The Kier molecular flexibility index (Phi) is 4.33. The van der Waals surface area contributed by atoms with Gasteiger partial charge in [-0.3, -0.25) is 0 Å². The third-order valence-electron chi connectivity index (χ3n) is 2.43. The van der Waals surface area contributed by atoms with E-state index in [1.165, 1.54) is 0 Å². The molecule has 0 aliphatic heterocycles. The minimum Gasteiger partial charge on any atom is -0.507 e. The van der Waals surface area contributed by atoms with Crippen LogP contribution in [0.3, 0.4) is 0 Å². The Bertz CT molecular complexity index is 528. The van der Waals surface area contributed by atoms with E-state index >= 15 is 0 Å². The van der Waals surface area contributed by atoms with Gasteiger partial charge in [-0.2, -0.15) is 4.98 Å². The first kappa shape index (κ1) is 13.0. The van der Waals surface area contributed by atoms with Crippen molar-refractivity contribution >= 4 is 15.9 Å². The first-order valence-corrected chi connectivity index (χ1v) is 6.42. The Balaban J connectivity index is 1.76. The number of nitrogens with one attached hydrogen (secondary N) is 1. The number of halogens is 1. The minimum atomic E-state index is 0.250. The lowest BCUT2D eigenvalue weighted by Gasteiger charge is -2.04. The molecule has 1 aromatic heterocycles. The summed E-state index contributed by atoms with van der Waals surface area (Å²) in [6, 6.07) is 5.44. The zero-order valence-corrected chi connectivity index (χ0v) is 11.6. The van der Waals surface area contributed by atoms with E-state index in [2.05, 4.69) is 31.4 Å². The van der Waals surface area contributed by atoms with E-state index in [-0.39, 0.29) is 5.75 Å². The van der Waals surface area contributed by atoms with Crippen LogP contribution >= 0.6 is 15.9 Å². The van der Waals surface area contributed by atoms with Gasteiger partial charge < -0.3 is 14.9 Å². The number of phenolic OH excluding ortho intramolecular Hbond substituents is 1. The third-order valence-corrected chi connectivity index (χ3v) is 3.06. The maximum absolute atomic E-state index is 9.37. The number of hydrogen-bond acceptors (Lipinski definition) is 5. The number of benzene rings is 1. The molecule has 0 spiro atoms. The van der Waals surface area contributed by atoms with Crippen molar-refractivity contribution in [2.75, 3.05) is 6.54 Å². The Morgan fingerprint density at radius 3 is 2.94 bits per heavy atom. The topological polar surface area (TPSA) is 71.2 Å². The number of nitrogens with zero attached hydrogens (tertiary/aromatic N) is 2. The third kappa shape index (κ3) is 3.54. The monoisotopic (exact) mass is 311 g/mol. The molecule has 0 saturated heterocycles. The molecular formula is C12H14BrN3O2. The summed E-state index contributed by atoms with van der Waals surface area (Å²) in [7, 11) is 0. The van der Waals surface area contributed by atoms with Gasteiger partial charge in [0.15, 0.2) is 5.82 Å². The zero-order valence-electron chi connectivity index (χ0n) is 9.98. The minimum absolute atomic E-state index is 0.250. The first-order valence-electron chi connectivity index (χ1n) is 5.62. The van der Waals surface area contributed by atoms with Gasteiger partial charge in [0.1, 0.15) is 5.75 Å². The van der Waals surface area contributed by atoms with Gasteiger partial charge in [0.25, 0.3) is 0 Å². The molecule has 2 rings (SSSR count). The maximum Gasteiger partial charge on any atom is 0.227 e. The highest BCUT2D eigenvalue weighted by Crippen LogP contribution is 2.24. The van der Waals surface area contributed by atoms with Crippen molar-refractivity contribution in [3.63, 3.8) is 0 Å². The van der Waals surface area contributed by atoms with Crippen LogP contribution < -0.4 is 5.32 Å². The smallest absolute Gasteiger partial charge is 0.227 e. The molecule has 1 aromatic carbocycles. The number of hydrogen-bond donors (Lipinski definition) is 2. The molecule has 0 radical (unpaired) electrons. The summed E-state index contributed by atoms with van der Waals surface area (Å²) in [5, 5.41) is 16.4. The Labute approximate surface area is 113 Å². The van der Waals surface area contributed by atoms with Crippen LogP contribution in [0.25, 0.3) is 0 Å². The lowest BCUT2D eigenvalue weighted by atomic mass is 10.2. The van der Waals surface area contributed by atoms with E-state index in [0.29, 0.717) is 22.6 Å². The molecule has 96 valence electrons. The number of rotatable bonds is 5. The molecule has 0 saturated carbocycles. The van der Waals surface area contributed by atoms with Gasteiger partial charge in [-0.05, 0) is 40.5 Å². The zero-order chi connectivity index (χ0) is 13.0. The van der Waals surface area contributed by atoms with Crippen molar-refractivity contribution in [3.05, 3.63) is 40.0 Å². The predicted molar refractivity (Wildman–Crippen MR) is 70.3 cm³/mol. The molecule has 1 heterocycles. The van der Waals surface area contributed by atoms with Crippen molar-refractivity contribution in [1.82, 2.24) is 15.5 Å². The van der Waals surface area contributed by atoms with Crippen molar-refractivity contribution in [2.24, 2.45) is 0 Å². The van der Waals surface area contributed by atoms with Crippen LogP contribution in [0.2, 0.25) is 0 Å². The van der Waals surface area contributed by atoms with E-state index in [1.54, 1.807) is 13.0 Å². The number of aromatic hydroxyl groups is 1. The molecule has 0 fully saturated rings. The molecular weight excluding hydrogens is 298 g/mol. The Hall–Kier alpha value is -1.40. The van der Waals surface area contributed by atoms with E-state index in [0.717, 1.165) is 18.7 Å². The largest absolute Gasteiger partial charge is 0.507 e. The van der Waals surface area contributed by atoms with Gasteiger partial charge in [0, 0.05) is 19.5 Å². The highest BCUT2D eigenvalue weighted by Gasteiger charge is 2.02.